The van der Waals surface area contributed by atoms with Gasteiger partial charge in [-0.15, -0.1) is 5.10 Å². The third kappa shape index (κ3) is 4.57. The fourth-order valence-corrected chi connectivity index (χ4v) is 1.71. The molecule has 1 aromatic carbocycles. The first-order valence-corrected chi connectivity index (χ1v) is 6.87. The molecule has 0 aliphatic heterocycles. The molecule has 0 atom stereocenters. The van der Waals surface area contributed by atoms with Crippen molar-refractivity contribution >= 4 is 17.5 Å². The molecule has 1 heterocycles. The predicted octanol–water partition coefficient (Wildman–Crippen LogP) is 3.85. The number of hydrogen-bond acceptors (Lipinski definition) is 5. The lowest BCUT2D eigenvalue weighted by molar-refractivity contribution is -0.137. The summed E-state index contributed by atoms with van der Waals surface area (Å²) in [7, 11) is 0. The zero-order valence-electron chi connectivity index (χ0n) is 12.0. The van der Waals surface area contributed by atoms with Crippen molar-refractivity contribution in [3.05, 3.63) is 36.0 Å². The molecule has 0 amide bonds. The molecule has 0 bridgehead atoms. The van der Waals surface area contributed by atoms with Crippen LogP contribution in [0.1, 0.15) is 25.3 Å². The molecule has 0 spiro atoms. The van der Waals surface area contributed by atoms with Crippen LogP contribution >= 0.6 is 0 Å². The third-order valence-corrected chi connectivity index (χ3v) is 2.86. The van der Waals surface area contributed by atoms with Crippen molar-refractivity contribution in [1.82, 2.24) is 15.2 Å². The fourth-order valence-electron chi connectivity index (χ4n) is 1.71. The Morgan fingerprint density at radius 3 is 2.50 bits per heavy atom. The van der Waals surface area contributed by atoms with E-state index in [9.17, 15) is 13.2 Å². The normalized spacial score (nSPS) is 11.3. The highest BCUT2D eigenvalue weighted by molar-refractivity contribution is 5.56. The summed E-state index contributed by atoms with van der Waals surface area (Å²) in [4.78, 5) is 4.19. The van der Waals surface area contributed by atoms with Crippen LogP contribution in [-0.2, 0) is 6.18 Å². The van der Waals surface area contributed by atoms with Gasteiger partial charge in [0.05, 0.1) is 11.8 Å². The first-order chi connectivity index (χ1) is 10.5. The fraction of sp³-hybridized carbons (Fsp3) is 0.357. The highest BCUT2D eigenvalue weighted by atomic mass is 19.4. The van der Waals surface area contributed by atoms with Crippen LogP contribution in [0.3, 0.4) is 0 Å². The van der Waals surface area contributed by atoms with Gasteiger partial charge in [0.15, 0.2) is 5.82 Å². The SMILES string of the molecule is CCCCNc1nncc(Nc2ccc(C(F)(F)F)cc2)n1. The van der Waals surface area contributed by atoms with Gasteiger partial charge in [0, 0.05) is 12.2 Å². The first-order valence-electron chi connectivity index (χ1n) is 6.87. The Morgan fingerprint density at radius 2 is 1.86 bits per heavy atom. The maximum atomic E-state index is 12.5. The van der Waals surface area contributed by atoms with Crippen molar-refractivity contribution in [1.29, 1.82) is 0 Å². The summed E-state index contributed by atoms with van der Waals surface area (Å²) in [5.74, 6) is 0.791. The molecule has 2 rings (SSSR count). The molecule has 1 aromatic heterocycles. The minimum atomic E-state index is -4.34. The van der Waals surface area contributed by atoms with E-state index in [1.807, 2.05) is 0 Å². The Balaban J connectivity index is 2.02. The highest BCUT2D eigenvalue weighted by Gasteiger charge is 2.29. The number of aromatic nitrogens is 3. The van der Waals surface area contributed by atoms with Gasteiger partial charge in [0.25, 0.3) is 0 Å². The zero-order valence-corrected chi connectivity index (χ0v) is 12.0. The Hall–Kier alpha value is -2.38. The van der Waals surface area contributed by atoms with Gasteiger partial charge in [-0.25, -0.2) is 0 Å². The van der Waals surface area contributed by atoms with Crippen LogP contribution in [0.5, 0.6) is 0 Å². The molecule has 5 nitrogen and oxygen atoms in total. The van der Waals surface area contributed by atoms with Crippen LogP contribution in [0.15, 0.2) is 30.5 Å². The van der Waals surface area contributed by atoms with Gasteiger partial charge in [0.1, 0.15) is 0 Å². The molecular weight excluding hydrogens is 295 g/mol. The average Bonchev–Trinajstić information content (AvgIpc) is 2.48. The van der Waals surface area contributed by atoms with Gasteiger partial charge >= 0.3 is 6.18 Å². The Kier molecular flexibility index (Phi) is 5.13. The van der Waals surface area contributed by atoms with Gasteiger partial charge in [-0.1, -0.05) is 13.3 Å². The molecule has 118 valence electrons. The Labute approximate surface area is 126 Å². The number of unbranched alkanes of at least 4 members (excludes halogenated alkanes) is 1. The lowest BCUT2D eigenvalue weighted by atomic mass is 10.2. The molecular formula is C14H16F3N5. The largest absolute Gasteiger partial charge is 0.416 e. The van der Waals surface area contributed by atoms with E-state index in [-0.39, 0.29) is 0 Å². The summed E-state index contributed by atoms with van der Waals surface area (Å²) in [5, 5.41) is 13.6. The number of nitrogens with one attached hydrogen (secondary N) is 2. The highest BCUT2D eigenvalue weighted by Crippen LogP contribution is 2.30. The number of anilines is 3. The van der Waals surface area contributed by atoms with Crippen LogP contribution in [0.2, 0.25) is 0 Å². The number of hydrogen-bond donors (Lipinski definition) is 2. The molecule has 2 aromatic rings. The molecule has 2 N–H and O–H groups in total. The summed E-state index contributed by atoms with van der Waals surface area (Å²) in [6, 6.07) is 4.71. The van der Waals surface area contributed by atoms with E-state index in [2.05, 4.69) is 32.7 Å². The van der Waals surface area contributed by atoms with Crippen LogP contribution in [0.25, 0.3) is 0 Å². The average molecular weight is 311 g/mol. The van der Waals surface area contributed by atoms with E-state index in [1.165, 1.54) is 18.3 Å². The molecule has 0 aliphatic carbocycles. The second-order valence-electron chi connectivity index (χ2n) is 4.65. The third-order valence-electron chi connectivity index (χ3n) is 2.86. The number of nitrogens with zero attached hydrogens (tertiary/aromatic N) is 3. The topological polar surface area (TPSA) is 62.7 Å². The molecule has 0 unspecified atom stereocenters. The van der Waals surface area contributed by atoms with Crippen molar-refractivity contribution in [3.8, 4) is 0 Å². The molecule has 22 heavy (non-hydrogen) atoms. The van der Waals surface area contributed by atoms with Crippen molar-refractivity contribution in [2.45, 2.75) is 25.9 Å². The van der Waals surface area contributed by atoms with E-state index < -0.39 is 11.7 Å². The van der Waals surface area contributed by atoms with E-state index in [4.69, 9.17) is 0 Å². The minimum absolute atomic E-state index is 0.380. The lowest BCUT2D eigenvalue weighted by Gasteiger charge is -2.09. The number of benzene rings is 1. The monoisotopic (exact) mass is 311 g/mol. The van der Waals surface area contributed by atoms with Gasteiger partial charge in [-0.3, -0.25) is 0 Å². The lowest BCUT2D eigenvalue weighted by Crippen LogP contribution is -2.07. The second kappa shape index (κ2) is 7.06. The maximum Gasteiger partial charge on any atom is 0.416 e. The van der Waals surface area contributed by atoms with Gasteiger partial charge < -0.3 is 10.6 Å². The van der Waals surface area contributed by atoms with Crippen LogP contribution in [0, 0.1) is 0 Å². The van der Waals surface area contributed by atoms with Crippen molar-refractivity contribution in [2.75, 3.05) is 17.2 Å². The minimum Gasteiger partial charge on any atom is -0.353 e. The summed E-state index contributed by atoms with van der Waals surface area (Å²) in [6.45, 7) is 2.81. The molecule has 0 saturated carbocycles. The van der Waals surface area contributed by atoms with Crippen molar-refractivity contribution in [3.63, 3.8) is 0 Å². The quantitative estimate of drug-likeness (QED) is 0.794. The molecule has 0 fully saturated rings. The Morgan fingerprint density at radius 1 is 1.14 bits per heavy atom. The second-order valence-corrected chi connectivity index (χ2v) is 4.65. The standard InChI is InChI=1S/C14H16F3N5/c1-2-3-8-18-13-21-12(9-19-22-13)20-11-6-4-10(5-7-11)14(15,16)17/h4-7,9H,2-3,8H2,1H3,(H2,18,20,21,22). The summed E-state index contributed by atoms with van der Waals surface area (Å²) < 4.78 is 37.5. The molecule has 8 heteroatoms. The van der Waals surface area contributed by atoms with Crippen molar-refractivity contribution in [2.24, 2.45) is 0 Å². The summed E-state index contributed by atoms with van der Waals surface area (Å²) in [5.41, 5.74) is -0.200. The molecule has 0 aliphatic rings. The van der Waals surface area contributed by atoms with Crippen LogP contribution in [-0.4, -0.2) is 21.7 Å². The van der Waals surface area contributed by atoms with Crippen LogP contribution < -0.4 is 10.6 Å². The Bertz CT molecular complexity index is 598. The molecule has 0 radical (unpaired) electrons. The van der Waals surface area contributed by atoms with Crippen LogP contribution in [0.4, 0.5) is 30.6 Å². The zero-order chi connectivity index (χ0) is 16.0. The number of alkyl halides is 3. The van der Waals surface area contributed by atoms with Crippen molar-refractivity contribution < 1.29 is 13.2 Å². The molecule has 0 saturated heterocycles. The van der Waals surface area contributed by atoms with E-state index in [1.54, 1.807) is 0 Å². The smallest absolute Gasteiger partial charge is 0.353 e. The van der Waals surface area contributed by atoms with Gasteiger partial charge in [-0.2, -0.15) is 23.3 Å². The first kappa shape index (κ1) is 16.0. The van der Waals surface area contributed by atoms with E-state index >= 15 is 0 Å². The number of halogens is 3. The van der Waals surface area contributed by atoms with Gasteiger partial charge in [-0.05, 0) is 30.7 Å². The summed E-state index contributed by atoms with van der Waals surface area (Å²) in [6.07, 6.45) is -0.905. The maximum absolute atomic E-state index is 12.5. The van der Waals surface area contributed by atoms with E-state index in [0.717, 1.165) is 31.5 Å². The summed E-state index contributed by atoms with van der Waals surface area (Å²) >= 11 is 0. The number of rotatable bonds is 6. The van der Waals surface area contributed by atoms with Gasteiger partial charge in [0.2, 0.25) is 5.95 Å². The van der Waals surface area contributed by atoms with E-state index in [0.29, 0.717) is 17.5 Å². The predicted molar refractivity (Wildman–Crippen MR) is 78.0 cm³/mol.